The summed E-state index contributed by atoms with van der Waals surface area (Å²) < 4.78 is 6.49. The minimum atomic E-state index is -0.501. The number of rotatable bonds is 6. The average molecular weight is 846 g/mol. The highest BCUT2D eigenvalue weighted by molar-refractivity contribution is 6.09. The molecule has 1 spiro atoms. The maximum atomic E-state index is 6.49. The van der Waals surface area contributed by atoms with Gasteiger partial charge in [-0.1, -0.05) is 228 Å². The highest BCUT2D eigenvalue weighted by Gasteiger charge is 2.47. The number of nitrogens with two attached hydrogens (primary N) is 1. The van der Waals surface area contributed by atoms with Gasteiger partial charge >= 0.3 is 0 Å². The predicted octanol–water partition coefficient (Wildman–Crippen LogP) is 16.6. The van der Waals surface area contributed by atoms with Crippen LogP contribution in [0.1, 0.15) is 67.5 Å². The fourth-order valence-electron chi connectivity index (χ4n) is 9.25. The van der Waals surface area contributed by atoms with Crippen LogP contribution in [0.4, 0.5) is 0 Å². The summed E-state index contributed by atoms with van der Waals surface area (Å²) in [4.78, 5) is 0. The average Bonchev–Trinajstić information content (AvgIpc) is 3.90. The van der Waals surface area contributed by atoms with E-state index < -0.39 is 5.41 Å². The summed E-state index contributed by atoms with van der Waals surface area (Å²) in [5.74, 6) is 0. The number of hydrogen-bond acceptors (Lipinski definition) is 2. The molecule has 0 saturated heterocycles. The van der Waals surface area contributed by atoms with Crippen molar-refractivity contribution in [2.24, 2.45) is 5.73 Å². The fraction of sp³-hybridized carbons (Fsp3) is 0.143. The molecule has 0 radical (unpaired) electrons. The van der Waals surface area contributed by atoms with Gasteiger partial charge in [-0.2, -0.15) is 0 Å². The maximum Gasteiger partial charge on any atom is 0.135 e. The number of aryl methyl sites for hydroxylation is 2. The molecule has 0 saturated carbocycles. The zero-order valence-corrected chi connectivity index (χ0v) is 38.2. The van der Waals surface area contributed by atoms with Gasteiger partial charge in [-0.15, -0.1) is 0 Å². The SMILES string of the molecule is C=C1/C=C\C=C/c2ccccc2C12c1ccccc1-c1c(-c3ccc4oc5cccc(CCc6ccc(-c7ccccc7)cc6)c5c4c3)cccc12.CC.CCC(C)N.c1ccccc1. The van der Waals surface area contributed by atoms with Crippen LogP contribution in [0.25, 0.3) is 61.4 Å². The van der Waals surface area contributed by atoms with Crippen LogP contribution in [0, 0.1) is 0 Å². The third-order valence-electron chi connectivity index (χ3n) is 12.5. The van der Waals surface area contributed by atoms with E-state index in [1.165, 1.54) is 72.1 Å². The molecule has 2 aliphatic rings. The lowest BCUT2D eigenvalue weighted by molar-refractivity contribution is 0.668. The maximum absolute atomic E-state index is 6.49. The molecule has 2 nitrogen and oxygen atoms in total. The second kappa shape index (κ2) is 20.5. The predicted molar refractivity (Wildman–Crippen MR) is 279 cm³/mol. The lowest BCUT2D eigenvalue weighted by Gasteiger charge is -2.36. The van der Waals surface area contributed by atoms with Crippen LogP contribution in [-0.4, -0.2) is 6.04 Å². The quantitative estimate of drug-likeness (QED) is 0.181. The molecule has 0 fully saturated rings. The Kier molecular flexibility index (Phi) is 14.0. The van der Waals surface area contributed by atoms with Crippen molar-refractivity contribution in [3.8, 4) is 33.4 Å². The number of benzene rings is 8. The van der Waals surface area contributed by atoms with Crippen molar-refractivity contribution in [2.75, 3.05) is 0 Å². The van der Waals surface area contributed by atoms with Gasteiger partial charge in [0.25, 0.3) is 0 Å². The van der Waals surface area contributed by atoms with E-state index in [2.05, 4.69) is 189 Å². The molecule has 8 aromatic carbocycles. The molecular formula is C63H59NO. The van der Waals surface area contributed by atoms with Gasteiger partial charge in [-0.25, -0.2) is 0 Å². The zero-order valence-electron chi connectivity index (χ0n) is 38.2. The normalized spacial score (nSPS) is 15.6. The fourth-order valence-corrected chi connectivity index (χ4v) is 9.25. The summed E-state index contributed by atoms with van der Waals surface area (Å²) in [7, 11) is 0. The first-order chi connectivity index (χ1) is 32.0. The molecule has 1 heterocycles. The van der Waals surface area contributed by atoms with E-state index in [1.807, 2.05) is 57.2 Å². The van der Waals surface area contributed by atoms with Gasteiger partial charge in [0.1, 0.15) is 11.2 Å². The van der Waals surface area contributed by atoms with Crippen molar-refractivity contribution in [1.82, 2.24) is 0 Å². The highest BCUT2D eigenvalue weighted by atomic mass is 16.3. The van der Waals surface area contributed by atoms with E-state index in [4.69, 9.17) is 16.7 Å². The summed E-state index contributed by atoms with van der Waals surface area (Å²) in [5.41, 5.74) is 22.8. The van der Waals surface area contributed by atoms with Crippen LogP contribution in [0.3, 0.4) is 0 Å². The molecular weight excluding hydrogens is 787 g/mol. The van der Waals surface area contributed by atoms with Crippen LogP contribution in [-0.2, 0) is 18.3 Å². The Labute approximate surface area is 386 Å². The molecule has 0 bridgehead atoms. The highest BCUT2D eigenvalue weighted by Crippen LogP contribution is 2.59. The molecule has 65 heavy (non-hydrogen) atoms. The van der Waals surface area contributed by atoms with Crippen LogP contribution < -0.4 is 5.73 Å². The topological polar surface area (TPSA) is 39.2 Å². The summed E-state index contributed by atoms with van der Waals surface area (Å²) in [6.45, 7) is 12.8. The van der Waals surface area contributed by atoms with Crippen molar-refractivity contribution in [1.29, 1.82) is 0 Å². The third kappa shape index (κ3) is 8.96. The Hall–Kier alpha value is -7.26. The molecule has 2 heteroatoms. The van der Waals surface area contributed by atoms with Gasteiger partial charge < -0.3 is 10.2 Å². The molecule has 2 atom stereocenters. The zero-order chi connectivity index (χ0) is 45.2. The summed E-state index contributed by atoms with van der Waals surface area (Å²) >= 11 is 0. The van der Waals surface area contributed by atoms with Gasteiger partial charge in [0.05, 0.1) is 5.41 Å². The minimum Gasteiger partial charge on any atom is -0.456 e. The Morgan fingerprint density at radius 3 is 1.83 bits per heavy atom. The Bertz CT molecular complexity index is 3050. The largest absolute Gasteiger partial charge is 0.456 e. The summed E-state index contributed by atoms with van der Waals surface area (Å²) in [6, 6.07) is 69.8. The van der Waals surface area contributed by atoms with E-state index in [1.54, 1.807) is 0 Å². The first-order valence-corrected chi connectivity index (χ1v) is 23.2. The number of hydrogen-bond donors (Lipinski definition) is 1. The molecule has 11 rings (SSSR count). The van der Waals surface area contributed by atoms with Crippen molar-refractivity contribution >= 4 is 28.0 Å². The van der Waals surface area contributed by atoms with Gasteiger partial charge in [-0.05, 0) is 117 Å². The smallest absolute Gasteiger partial charge is 0.135 e. The van der Waals surface area contributed by atoms with Crippen LogP contribution >= 0.6 is 0 Å². The van der Waals surface area contributed by atoms with Gasteiger partial charge in [0.15, 0.2) is 0 Å². The van der Waals surface area contributed by atoms with Crippen molar-refractivity contribution in [3.05, 3.63) is 258 Å². The summed E-state index contributed by atoms with van der Waals surface area (Å²) in [6.07, 6.45) is 11.6. The first-order valence-electron chi connectivity index (χ1n) is 23.2. The van der Waals surface area contributed by atoms with Crippen LogP contribution in [0.2, 0.25) is 0 Å². The Morgan fingerprint density at radius 1 is 0.538 bits per heavy atom. The first kappa shape index (κ1) is 44.4. The molecule has 2 aliphatic carbocycles. The second-order valence-electron chi connectivity index (χ2n) is 16.6. The van der Waals surface area contributed by atoms with E-state index >= 15 is 0 Å². The Morgan fingerprint density at radius 2 is 1.11 bits per heavy atom. The van der Waals surface area contributed by atoms with Crippen LogP contribution in [0.5, 0.6) is 0 Å². The van der Waals surface area contributed by atoms with E-state index in [0.717, 1.165) is 41.4 Å². The molecule has 322 valence electrons. The summed E-state index contributed by atoms with van der Waals surface area (Å²) in [5, 5.41) is 2.37. The van der Waals surface area contributed by atoms with Gasteiger partial charge in [-0.3, -0.25) is 0 Å². The molecule has 0 aliphatic heterocycles. The van der Waals surface area contributed by atoms with Gasteiger partial charge in [0, 0.05) is 16.8 Å². The van der Waals surface area contributed by atoms with Crippen molar-refractivity contribution < 1.29 is 4.42 Å². The van der Waals surface area contributed by atoms with Crippen LogP contribution in [0.15, 0.2) is 229 Å². The van der Waals surface area contributed by atoms with E-state index in [-0.39, 0.29) is 0 Å². The monoisotopic (exact) mass is 845 g/mol. The molecule has 9 aromatic rings. The van der Waals surface area contributed by atoms with E-state index in [9.17, 15) is 0 Å². The number of fused-ring (bicyclic) bond motifs is 10. The standard InChI is InChI=1S/C51H36O.C6H6.C4H11N.C2H6/c1-34-13-5-6-16-38-17-7-9-21-44(38)51(34)45-22-10-8-19-42(45)50-41(20-12-23-46(50)51)40-31-32-47-43(33-40)49-39(18-11-24-48(49)52-47)30-27-35-25-28-37(29-26-35)36-14-3-2-4-15-36;1-2-4-6-5-3-1;1-3-4(2)5;1-2/h2-26,28-29,31-33H,1,27,30H2;1-6H;4H,3,5H2,1-2H3;1-2H3/b13-5-,16-6-;;;. The van der Waals surface area contributed by atoms with E-state index in [0.29, 0.717) is 6.04 Å². The lowest BCUT2D eigenvalue weighted by Crippen LogP contribution is -2.29. The number of allylic oxidation sites excluding steroid dienone is 4. The Balaban J connectivity index is 0.000000390. The lowest BCUT2D eigenvalue weighted by atomic mass is 9.65. The molecule has 0 amide bonds. The van der Waals surface area contributed by atoms with Gasteiger partial charge in [0.2, 0.25) is 0 Å². The minimum absolute atomic E-state index is 0.384. The molecule has 1 aromatic heterocycles. The third-order valence-corrected chi connectivity index (χ3v) is 12.5. The van der Waals surface area contributed by atoms with Crippen molar-refractivity contribution in [3.63, 3.8) is 0 Å². The second-order valence-corrected chi connectivity index (χ2v) is 16.6. The number of furan rings is 1. The molecule has 2 N–H and O–H groups in total. The van der Waals surface area contributed by atoms with Crippen molar-refractivity contribution in [2.45, 2.75) is 58.4 Å². The molecule has 2 unspecified atom stereocenters.